The van der Waals surface area contributed by atoms with Crippen molar-refractivity contribution in [1.29, 1.82) is 0 Å². The Morgan fingerprint density at radius 3 is 2.16 bits per heavy atom. The molecule has 0 spiro atoms. The zero-order valence-corrected chi connectivity index (χ0v) is 21.1. The van der Waals surface area contributed by atoms with Crippen molar-refractivity contribution in [3.05, 3.63) is 10.4 Å². The molecule has 37 heavy (non-hydrogen) atoms. The average Bonchev–Trinajstić information content (AvgIpc) is 2.84. The lowest BCUT2D eigenvalue weighted by Crippen LogP contribution is -2.56. The fourth-order valence-electron chi connectivity index (χ4n) is 3.09. The molecule has 3 amide bonds. The first-order valence-electron chi connectivity index (χ1n) is 11.9. The molecule has 0 aromatic heterocycles. The van der Waals surface area contributed by atoms with E-state index in [-0.39, 0.29) is 31.8 Å². The molecule has 0 radical (unpaired) electrons. The van der Waals surface area contributed by atoms with Gasteiger partial charge in [-0.1, -0.05) is 0 Å². The Morgan fingerprint density at radius 2 is 1.57 bits per heavy atom. The third-order valence-electron chi connectivity index (χ3n) is 5.15. The number of azide groups is 1. The largest absolute Gasteiger partial charge is 0.480 e. The Morgan fingerprint density at radius 1 is 0.919 bits per heavy atom. The zero-order chi connectivity index (χ0) is 28.2. The molecule has 0 rings (SSSR count). The van der Waals surface area contributed by atoms with E-state index in [2.05, 4.69) is 36.5 Å². The molecular weight excluding hydrogens is 488 g/mol. The minimum absolute atomic E-state index is 0.0641. The normalized spacial score (nSPS) is 13.6. The summed E-state index contributed by atoms with van der Waals surface area (Å²) in [5, 5.41) is 20.1. The molecule has 0 aliphatic carbocycles. The van der Waals surface area contributed by atoms with E-state index in [1.807, 2.05) is 0 Å². The SMILES string of the molecule is C[C@H](NC(=O)[C@@H](N)CCCN=C(N)N)C(=O)N[C@@H](CCCN)C(=O)N[C@@H](CCCCNN=[N+]=[N-])C(=O)O. The molecule has 13 N–H and O–H groups in total. The predicted molar refractivity (Wildman–Crippen MR) is 136 cm³/mol. The Hall–Kier alpha value is -3.82. The first-order valence-corrected chi connectivity index (χ1v) is 11.9. The van der Waals surface area contributed by atoms with Crippen LogP contribution in [0, 0.1) is 0 Å². The van der Waals surface area contributed by atoms with Crippen LogP contribution < -0.4 is 44.3 Å². The van der Waals surface area contributed by atoms with Crippen molar-refractivity contribution < 1.29 is 24.3 Å². The van der Waals surface area contributed by atoms with Gasteiger partial charge in [0.1, 0.15) is 18.1 Å². The number of rotatable bonds is 20. The molecule has 17 heteroatoms. The minimum Gasteiger partial charge on any atom is -0.480 e. The van der Waals surface area contributed by atoms with Gasteiger partial charge in [0.2, 0.25) is 17.7 Å². The number of hydrogen-bond acceptors (Lipinski definition) is 8. The molecule has 4 atom stereocenters. The third kappa shape index (κ3) is 15.7. The molecule has 210 valence electrons. The number of carboxylic acids is 1. The summed E-state index contributed by atoms with van der Waals surface area (Å²) in [4.78, 5) is 55.7. The van der Waals surface area contributed by atoms with Gasteiger partial charge in [-0.3, -0.25) is 24.8 Å². The Kier molecular flexibility index (Phi) is 17.4. The van der Waals surface area contributed by atoms with Gasteiger partial charge in [0.05, 0.1) is 12.6 Å². The summed E-state index contributed by atoms with van der Waals surface area (Å²) in [5.41, 5.74) is 32.5. The number of carboxylic acid groups (broad SMARTS) is 1. The number of unbranched alkanes of at least 4 members (excludes halogenated alkanes) is 1. The smallest absolute Gasteiger partial charge is 0.326 e. The number of amides is 3. The van der Waals surface area contributed by atoms with Crippen molar-refractivity contribution >= 4 is 29.7 Å². The molecule has 0 heterocycles. The van der Waals surface area contributed by atoms with Crippen LogP contribution in [0.1, 0.15) is 51.9 Å². The maximum absolute atomic E-state index is 12.8. The van der Waals surface area contributed by atoms with E-state index in [0.29, 0.717) is 38.8 Å². The molecule has 0 aromatic rings. The van der Waals surface area contributed by atoms with E-state index in [1.54, 1.807) is 0 Å². The van der Waals surface area contributed by atoms with Crippen molar-refractivity contribution in [3.63, 3.8) is 0 Å². The molecule has 0 bridgehead atoms. The van der Waals surface area contributed by atoms with E-state index < -0.39 is 47.9 Å². The highest BCUT2D eigenvalue weighted by Gasteiger charge is 2.28. The maximum atomic E-state index is 12.8. The summed E-state index contributed by atoms with van der Waals surface area (Å²) < 4.78 is 0. The molecule has 0 saturated carbocycles. The van der Waals surface area contributed by atoms with Crippen LogP contribution in [0.15, 0.2) is 10.2 Å². The van der Waals surface area contributed by atoms with Crippen LogP contribution >= 0.6 is 0 Å². The predicted octanol–water partition coefficient (Wildman–Crippen LogP) is -2.35. The molecule has 0 aromatic carbocycles. The number of nitrogens with one attached hydrogen (secondary N) is 4. The molecular formula is C20H40N12O5. The standard InChI is InChI=1S/C20H40N12O5/c1-12(28-17(34)13(22)6-5-10-26-20(23)24)16(33)29-14(8-4-9-21)18(35)30-15(19(36)37)7-2-3-11-27-32-31-25/h12-15,27H,2-11,21-22H2,1H3,(H,28,34)(H,29,33)(H,30,35)(H,36,37)(H4,23,24,26)/t12-,13-,14-,15-/m0/s1. The van der Waals surface area contributed by atoms with Crippen molar-refractivity contribution in [1.82, 2.24) is 21.4 Å². The zero-order valence-electron chi connectivity index (χ0n) is 21.1. The Balaban J connectivity index is 4.92. The molecule has 0 aliphatic heterocycles. The highest BCUT2D eigenvalue weighted by Crippen LogP contribution is 2.05. The fraction of sp³-hybridized carbons (Fsp3) is 0.750. The van der Waals surface area contributed by atoms with E-state index in [0.717, 1.165) is 0 Å². The second-order valence-electron chi connectivity index (χ2n) is 8.27. The lowest BCUT2D eigenvalue weighted by atomic mass is 10.1. The van der Waals surface area contributed by atoms with Gasteiger partial charge in [0.25, 0.3) is 0 Å². The van der Waals surface area contributed by atoms with Gasteiger partial charge >= 0.3 is 5.97 Å². The summed E-state index contributed by atoms with van der Waals surface area (Å²) in [7, 11) is 0. The second-order valence-corrected chi connectivity index (χ2v) is 8.27. The number of hydrogen-bond donors (Lipinski definition) is 9. The van der Waals surface area contributed by atoms with Crippen molar-refractivity contribution in [2.75, 3.05) is 19.6 Å². The molecule has 0 unspecified atom stereocenters. The number of aliphatic imine (C=N–C) groups is 1. The van der Waals surface area contributed by atoms with Crippen LogP contribution in [0.3, 0.4) is 0 Å². The van der Waals surface area contributed by atoms with Gasteiger partial charge < -0.3 is 44.0 Å². The lowest BCUT2D eigenvalue weighted by molar-refractivity contribution is -0.142. The monoisotopic (exact) mass is 528 g/mol. The summed E-state index contributed by atoms with van der Waals surface area (Å²) in [6.07, 6.45) is 2.38. The summed E-state index contributed by atoms with van der Waals surface area (Å²) in [6.45, 7) is 2.34. The van der Waals surface area contributed by atoms with Crippen LogP contribution in [-0.2, 0) is 19.2 Å². The van der Waals surface area contributed by atoms with Crippen molar-refractivity contribution in [3.8, 4) is 0 Å². The van der Waals surface area contributed by atoms with Gasteiger partial charge in [0.15, 0.2) is 5.96 Å². The number of nitrogens with zero attached hydrogens (tertiary/aromatic N) is 4. The average molecular weight is 529 g/mol. The maximum Gasteiger partial charge on any atom is 0.326 e. The highest BCUT2D eigenvalue weighted by molar-refractivity contribution is 5.93. The van der Waals surface area contributed by atoms with E-state index in [4.69, 9.17) is 28.5 Å². The Labute approximate surface area is 215 Å². The highest BCUT2D eigenvalue weighted by atomic mass is 16.4. The number of nitrogens with two attached hydrogens (primary N) is 4. The van der Waals surface area contributed by atoms with Gasteiger partial charge in [-0.2, -0.15) is 4.91 Å². The van der Waals surface area contributed by atoms with E-state index in [1.165, 1.54) is 6.92 Å². The summed E-state index contributed by atoms with van der Waals surface area (Å²) in [6, 6.07) is -4.14. The molecule has 0 fully saturated rings. The number of guanidine groups is 1. The Bertz CT molecular complexity index is 814. The molecule has 0 saturated heterocycles. The first-order chi connectivity index (χ1) is 17.5. The minimum atomic E-state index is -1.23. The first kappa shape index (κ1) is 33.2. The number of aliphatic carboxylic acids is 1. The topological polar surface area (TPSA) is 302 Å². The van der Waals surface area contributed by atoms with E-state index in [9.17, 15) is 24.3 Å². The van der Waals surface area contributed by atoms with Gasteiger partial charge in [0, 0.05) is 6.54 Å². The third-order valence-corrected chi connectivity index (χ3v) is 5.15. The van der Waals surface area contributed by atoms with Crippen LogP contribution in [0.25, 0.3) is 10.4 Å². The quantitative estimate of drug-likeness (QED) is 0.0154. The van der Waals surface area contributed by atoms with Crippen LogP contribution in [0.5, 0.6) is 0 Å². The lowest BCUT2D eigenvalue weighted by Gasteiger charge is -2.23. The number of carbonyl (C=O) groups excluding carboxylic acids is 3. The van der Waals surface area contributed by atoms with Crippen molar-refractivity contribution in [2.45, 2.75) is 76.0 Å². The van der Waals surface area contributed by atoms with Crippen LogP contribution in [0.2, 0.25) is 0 Å². The van der Waals surface area contributed by atoms with Crippen molar-refractivity contribution in [2.24, 2.45) is 33.2 Å². The van der Waals surface area contributed by atoms with Gasteiger partial charge in [-0.05, 0) is 63.6 Å². The van der Waals surface area contributed by atoms with Crippen LogP contribution in [0.4, 0.5) is 0 Å². The summed E-state index contributed by atoms with van der Waals surface area (Å²) >= 11 is 0. The molecule has 17 nitrogen and oxygen atoms in total. The molecule has 0 aliphatic rings. The fourth-order valence-corrected chi connectivity index (χ4v) is 3.09. The number of carbonyl (C=O) groups is 4. The van der Waals surface area contributed by atoms with Gasteiger partial charge in [-0.25, -0.2) is 4.79 Å². The van der Waals surface area contributed by atoms with Gasteiger partial charge in [-0.15, -0.1) is 5.53 Å². The van der Waals surface area contributed by atoms with E-state index >= 15 is 0 Å². The summed E-state index contributed by atoms with van der Waals surface area (Å²) in [5.74, 6) is -3.18. The second kappa shape index (κ2) is 19.4. The van der Waals surface area contributed by atoms with Crippen LogP contribution in [-0.4, -0.2) is 78.6 Å².